The van der Waals surface area contributed by atoms with E-state index in [0.717, 1.165) is 0 Å². The normalized spacial score (nSPS) is 11.2. The maximum absolute atomic E-state index is 10.6. The molecule has 16 heavy (non-hydrogen) atoms. The summed E-state index contributed by atoms with van der Waals surface area (Å²) in [6.45, 7) is 3.39. The number of benzene rings is 1. The molecule has 0 atom stereocenters. The lowest BCUT2D eigenvalue weighted by Crippen LogP contribution is -2.28. The summed E-state index contributed by atoms with van der Waals surface area (Å²) >= 11 is 0. The van der Waals surface area contributed by atoms with Crippen molar-refractivity contribution < 1.29 is 19.7 Å². The Morgan fingerprint density at radius 1 is 1.38 bits per heavy atom. The molecule has 88 valence electrons. The van der Waals surface area contributed by atoms with Gasteiger partial charge >= 0.3 is 5.97 Å². The summed E-state index contributed by atoms with van der Waals surface area (Å²) in [5, 5.41) is 18.2. The largest absolute Gasteiger partial charge is 0.490 e. The molecule has 0 radical (unpaired) electrons. The lowest BCUT2D eigenvalue weighted by atomic mass is 10.1. The predicted molar refractivity (Wildman–Crippen MR) is 59.6 cm³/mol. The molecule has 0 aliphatic heterocycles. The number of rotatable bonds is 5. The molecule has 0 amide bonds. The van der Waals surface area contributed by atoms with Gasteiger partial charge in [-0.05, 0) is 19.9 Å². The van der Waals surface area contributed by atoms with Gasteiger partial charge in [0.05, 0.1) is 12.0 Å². The summed E-state index contributed by atoms with van der Waals surface area (Å²) in [7, 11) is 0. The van der Waals surface area contributed by atoms with Crippen molar-refractivity contribution in [3.63, 3.8) is 0 Å². The number of hydrogen-bond acceptors (Lipinski definition) is 3. The van der Waals surface area contributed by atoms with Crippen LogP contribution in [0, 0.1) is 0 Å². The smallest absolute Gasteiger partial charge is 0.307 e. The van der Waals surface area contributed by atoms with Crippen LogP contribution in [-0.4, -0.2) is 28.4 Å². The molecule has 0 unspecified atom stereocenters. The van der Waals surface area contributed by atoms with Gasteiger partial charge in [-0.15, -0.1) is 0 Å². The summed E-state index contributed by atoms with van der Waals surface area (Å²) in [6, 6.07) is 6.93. The molecule has 0 bridgehead atoms. The summed E-state index contributed by atoms with van der Waals surface area (Å²) in [4.78, 5) is 10.6. The van der Waals surface area contributed by atoms with Crippen molar-refractivity contribution in [2.75, 3.05) is 6.61 Å². The Balaban J connectivity index is 2.75. The zero-order valence-electron chi connectivity index (χ0n) is 9.43. The minimum absolute atomic E-state index is 0.0813. The van der Waals surface area contributed by atoms with Crippen LogP contribution < -0.4 is 4.74 Å². The van der Waals surface area contributed by atoms with Crippen molar-refractivity contribution in [3.05, 3.63) is 29.8 Å². The maximum Gasteiger partial charge on any atom is 0.307 e. The number of carbonyl (C=O) groups is 1. The van der Waals surface area contributed by atoms with Gasteiger partial charge in [0.15, 0.2) is 0 Å². The molecule has 0 saturated heterocycles. The van der Waals surface area contributed by atoms with E-state index in [1.54, 1.807) is 38.1 Å². The van der Waals surface area contributed by atoms with Crippen molar-refractivity contribution in [2.24, 2.45) is 0 Å². The van der Waals surface area contributed by atoms with E-state index in [1.807, 2.05) is 0 Å². The van der Waals surface area contributed by atoms with Gasteiger partial charge in [-0.3, -0.25) is 4.79 Å². The van der Waals surface area contributed by atoms with Crippen LogP contribution in [0.4, 0.5) is 0 Å². The molecule has 1 aromatic rings. The van der Waals surface area contributed by atoms with Crippen molar-refractivity contribution in [2.45, 2.75) is 25.9 Å². The first-order valence-electron chi connectivity index (χ1n) is 5.03. The van der Waals surface area contributed by atoms with Gasteiger partial charge in [0.25, 0.3) is 0 Å². The second kappa shape index (κ2) is 4.99. The lowest BCUT2D eigenvalue weighted by Gasteiger charge is -2.19. The first-order valence-corrected chi connectivity index (χ1v) is 5.03. The number of hydrogen-bond donors (Lipinski definition) is 2. The number of aliphatic hydroxyl groups is 1. The van der Waals surface area contributed by atoms with Crippen molar-refractivity contribution >= 4 is 5.97 Å². The molecule has 1 rings (SSSR count). The minimum atomic E-state index is -0.934. The van der Waals surface area contributed by atoms with Crippen molar-refractivity contribution in [1.82, 2.24) is 0 Å². The van der Waals surface area contributed by atoms with E-state index in [-0.39, 0.29) is 13.0 Å². The lowest BCUT2D eigenvalue weighted by molar-refractivity contribution is -0.136. The third kappa shape index (κ3) is 4.31. The SMILES string of the molecule is CC(C)(O)COc1ccccc1CC(=O)O. The van der Waals surface area contributed by atoms with Gasteiger partial charge < -0.3 is 14.9 Å². The third-order valence-corrected chi connectivity index (χ3v) is 1.90. The van der Waals surface area contributed by atoms with Crippen LogP contribution in [0.5, 0.6) is 5.75 Å². The third-order valence-electron chi connectivity index (χ3n) is 1.90. The Labute approximate surface area is 94.5 Å². The predicted octanol–water partition coefficient (Wildman–Crippen LogP) is 1.46. The van der Waals surface area contributed by atoms with Crippen LogP contribution in [0.15, 0.2) is 24.3 Å². The zero-order valence-corrected chi connectivity index (χ0v) is 9.43. The molecular formula is C12H16O4. The Kier molecular flexibility index (Phi) is 3.90. The molecule has 2 N–H and O–H groups in total. The number of carboxylic acids is 1. The molecule has 0 aliphatic rings. The Hall–Kier alpha value is -1.55. The highest BCUT2D eigenvalue weighted by Crippen LogP contribution is 2.19. The summed E-state index contributed by atoms with van der Waals surface area (Å²) in [5.41, 5.74) is -0.324. The van der Waals surface area contributed by atoms with Gasteiger partial charge in [-0.2, -0.15) is 0 Å². The number of ether oxygens (including phenoxy) is 1. The first kappa shape index (κ1) is 12.5. The molecule has 0 spiro atoms. The highest BCUT2D eigenvalue weighted by atomic mass is 16.5. The highest BCUT2D eigenvalue weighted by Gasteiger charge is 2.15. The molecule has 1 aromatic carbocycles. The fourth-order valence-electron chi connectivity index (χ4n) is 1.21. The molecule has 0 saturated carbocycles. The van der Waals surface area contributed by atoms with Crippen LogP contribution in [0.25, 0.3) is 0 Å². The average Bonchev–Trinajstić information content (AvgIpc) is 2.14. The Morgan fingerprint density at radius 2 is 2.00 bits per heavy atom. The van der Waals surface area contributed by atoms with Crippen molar-refractivity contribution in [3.8, 4) is 5.75 Å². The molecule has 4 nitrogen and oxygen atoms in total. The fraction of sp³-hybridized carbons (Fsp3) is 0.417. The van der Waals surface area contributed by atoms with E-state index in [0.29, 0.717) is 11.3 Å². The molecule has 0 fully saturated rings. The van der Waals surface area contributed by atoms with Gasteiger partial charge in [-0.1, -0.05) is 18.2 Å². The van der Waals surface area contributed by atoms with E-state index in [4.69, 9.17) is 9.84 Å². The topological polar surface area (TPSA) is 66.8 Å². The first-order chi connectivity index (χ1) is 7.38. The van der Waals surface area contributed by atoms with Gasteiger partial charge in [0.1, 0.15) is 12.4 Å². The Morgan fingerprint density at radius 3 is 2.56 bits per heavy atom. The average molecular weight is 224 g/mol. The molecular weight excluding hydrogens is 208 g/mol. The molecule has 0 aliphatic carbocycles. The highest BCUT2D eigenvalue weighted by molar-refractivity contribution is 5.71. The van der Waals surface area contributed by atoms with E-state index < -0.39 is 11.6 Å². The van der Waals surface area contributed by atoms with Gasteiger partial charge in [0.2, 0.25) is 0 Å². The van der Waals surface area contributed by atoms with Gasteiger partial charge in [0, 0.05) is 5.56 Å². The Bertz CT molecular complexity index is 366. The van der Waals surface area contributed by atoms with E-state index in [2.05, 4.69) is 0 Å². The fourth-order valence-corrected chi connectivity index (χ4v) is 1.21. The number of carboxylic acid groups (broad SMARTS) is 1. The second-order valence-corrected chi connectivity index (χ2v) is 4.28. The van der Waals surface area contributed by atoms with E-state index in [9.17, 15) is 9.90 Å². The van der Waals surface area contributed by atoms with Crippen LogP contribution >= 0.6 is 0 Å². The zero-order chi connectivity index (χ0) is 12.2. The number of para-hydroxylation sites is 1. The van der Waals surface area contributed by atoms with Crippen LogP contribution in [0.3, 0.4) is 0 Å². The molecule has 0 aromatic heterocycles. The van der Waals surface area contributed by atoms with Crippen LogP contribution in [0.1, 0.15) is 19.4 Å². The van der Waals surface area contributed by atoms with Crippen LogP contribution in [-0.2, 0) is 11.2 Å². The van der Waals surface area contributed by atoms with Crippen molar-refractivity contribution in [1.29, 1.82) is 0 Å². The summed E-state index contributed by atoms with van der Waals surface area (Å²) < 4.78 is 5.39. The monoisotopic (exact) mass is 224 g/mol. The quantitative estimate of drug-likeness (QED) is 0.794. The molecule has 0 heterocycles. The van der Waals surface area contributed by atoms with E-state index in [1.165, 1.54) is 0 Å². The summed E-state index contributed by atoms with van der Waals surface area (Å²) in [5.74, 6) is -0.397. The summed E-state index contributed by atoms with van der Waals surface area (Å²) in [6.07, 6.45) is -0.0813. The maximum atomic E-state index is 10.6. The minimum Gasteiger partial charge on any atom is -0.490 e. The second-order valence-electron chi connectivity index (χ2n) is 4.28. The standard InChI is InChI=1S/C12H16O4/c1-12(2,15)8-16-10-6-4-3-5-9(10)7-11(13)14/h3-6,15H,7-8H2,1-2H3,(H,13,14). The number of aliphatic carboxylic acids is 1. The van der Waals surface area contributed by atoms with E-state index >= 15 is 0 Å². The van der Waals surface area contributed by atoms with Gasteiger partial charge in [-0.25, -0.2) is 0 Å². The molecule has 4 heteroatoms. The van der Waals surface area contributed by atoms with Crippen LogP contribution in [0.2, 0.25) is 0 Å².